The van der Waals surface area contributed by atoms with Crippen molar-refractivity contribution in [1.29, 1.82) is 0 Å². The van der Waals surface area contributed by atoms with Crippen molar-refractivity contribution in [1.82, 2.24) is 5.32 Å². The molecule has 2 saturated carbocycles. The number of rotatable bonds is 4. The van der Waals surface area contributed by atoms with Crippen molar-refractivity contribution >= 4 is 0 Å². The zero-order valence-corrected chi connectivity index (χ0v) is 11.6. The second kappa shape index (κ2) is 4.27. The van der Waals surface area contributed by atoms with Gasteiger partial charge in [0.15, 0.2) is 0 Å². The van der Waals surface area contributed by atoms with Crippen molar-refractivity contribution in [3.8, 4) is 0 Å². The van der Waals surface area contributed by atoms with Gasteiger partial charge in [-0.15, -0.1) is 0 Å². The normalized spacial score (nSPS) is 24.0. The summed E-state index contributed by atoms with van der Waals surface area (Å²) >= 11 is 0. The van der Waals surface area contributed by atoms with Gasteiger partial charge >= 0.3 is 0 Å². The van der Waals surface area contributed by atoms with E-state index in [2.05, 4.69) is 19.2 Å². The van der Waals surface area contributed by atoms with E-state index in [1.807, 2.05) is 0 Å². The third-order valence-electron chi connectivity index (χ3n) is 4.44. The Hall–Kier alpha value is -0.960. The SMILES string of the molecule is CC1(C)CC(CNC2CC2)(c2ccc(F)cc2F)C1. The fourth-order valence-electron chi connectivity index (χ4n) is 3.74. The van der Waals surface area contributed by atoms with Gasteiger partial charge in [0, 0.05) is 24.1 Å². The van der Waals surface area contributed by atoms with Gasteiger partial charge in [0.05, 0.1) is 0 Å². The number of hydrogen-bond donors (Lipinski definition) is 1. The first-order valence-corrected chi connectivity index (χ1v) is 7.09. The molecule has 0 spiro atoms. The van der Waals surface area contributed by atoms with Gasteiger partial charge in [0.25, 0.3) is 0 Å². The van der Waals surface area contributed by atoms with E-state index in [1.165, 1.54) is 18.9 Å². The smallest absolute Gasteiger partial charge is 0.129 e. The summed E-state index contributed by atoms with van der Waals surface area (Å²) in [6.45, 7) is 5.23. The second-order valence-electron chi connectivity index (χ2n) is 7.08. The summed E-state index contributed by atoms with van der Waals surface area (Å²) in [6, 6.07) is 4.64. The number of benzene rings is 1. The van der Waals surface area contributed by atoms with Crippen molar-refractivity contribution in [3.63, 3.8) is 0 Å². The van der Waals surface area contributed by atoms with Crippen LogP contribution in [0.2, 0.25) is 0 Å². The molecule has 1 aromatic carbocycles. The molecule has 0 unspecified atom stereocenters. The Bertz CT molecular complexity index is 484. The fourth-order valence-corrected chi connectivity index (χ4v) is 3.74. The van der Waals surface area contributed by atoms with Crippen LogP contribution in [-0.2, 0) is 5.41 Å². The molecule has 0 radical (unpaired) electrons. The maximum absolute atomic E-state index is 14.1. The highest BCUT2D eigenvalue weighted by Gasteiger charge is 2.51. The summed E-state index contributed by atoms with van der Waals surface area (Å²) in [5, 5.41) is 3.52. The minimum absolute atomic E-state index is 0.149. The maximum Gasteiger partial charge on any atom is 0.129 e. The quantitative estimate of drug-likeness (QED) is 0.873. The Kier molecular flexibility index (Phi) is 2.93. The highest BCUT2D eigenvalue weighted by atomic mass is 19.1. The Morgan fingerprint density at radius 3 is 2.42 bits per heavy atom. The van der Waals surface area contributed by atoms with Gasteiger partial charge in [-0.3, -0.25) is 0 Å². The van der Waals surface area contributed by atoms with E-state index in [9.17, 15) is 8.78 Å². The molecule has 3 rings (SSSR count). The lowest BCUT2D eigenvalue weighted by molar-refractivity contribution is 0.0531. The molecular weight excluding hydrogens is 244 g/mol. The molecule has 0 aromatic heterocycles. The van der Waals surface area contributed by atoms with Crippen LogP contribution in [0.5, 0.6) is 0 Å². The third kappa shape index (κ3) is 2.53. The van der Waals surface area contributed by atoms with E-state index in [1.54, 1.807) is 6.07 Å². The molecular formula is C16H21F2N. The van der Waals surface area contributed by atoms with E-state index >= 15 is 0 Å². The predicted octanol–water partition coefficient (Wildman–Crippen LogP) is 3.77. The zero-order chi connectivity index (χ0) is 13.7. The molecule has 0 amide bonds. The van der Waals surface area contributed by atoms with E-state index in [-0.39, 0.29) is 10.8 Å². The molecule has 2 fully saturated rings. The van der Waals surface area contributed by atoms with Crippen LogP contribution in [0.1, 0.15) is 45.1 Å². The van der Waals surface area contributed by atoms with Crippen LogP contribution in [0.25, 0.3) is 0 Å². The first-order valence-electron chi connectivity index (χ1n) is 7.09. The largest absolute Gasteiger partial charge is 0.313 e. The zero-order valence-electron chi connectivity index (χ0n) is 11.6. The summed E-state index contributed by atoms with van der Waals surface area (Å²) in [5.74, 6) is -0.891. The highest BCUT2D eigenvalue weighted by molar-refractivity contribution is 5.33. The maximum atomic E-state index is 14.1. The molecule has 0 heterocycles. The molecule has 2 aliphatic carbocycles. The fraction of sp³-hybridized carbons (Fsp3) is 0.625. The molecule has 0 saturated heterocycles. The van der Waals surface area contributed by atoms with Crippen LogP contribution in [-0.4, -0.2) is 12.6 Å². The van der Waals surface area contributed by atoms with E-state index in [0.717, 1.165) is 25.5 Å². The molecule has 1 N–H and O–H groups in total. The Labute approximate surface area is 113 Å². The summed E-state index contributed by atoms with van der Waals surface area (Å²) in [5.41, 5.74) is 0.789. The lowest BCUT2D eigenvalue weighted by Gasteiger charge is -2.54. The van der Waals surface area contributed by atoms with Crippen LogP contribution in [0.4, 0.5) is 8.78 Å². The standard InChI is InChI=1S/C16H21F2N/c1-15(2)8-16(9-15,10-19-12-4-5-12)13-6-3-11(17)7-14(13)18/h3,6-7,12,19H,4-5,8-10H2,1-2H3. The molecule has 0 bridgehead atoms. The lowest BCUT2D eigenvalue weighted by atomic mass is 9.51. The molecule has 1 nitrogen and oxygen atoms in total. The van der Waals surface area contributed by atoms with Gasteiger partial charge in [-0.1, -0.05) is 19.9 Å². The van der Waals surface area contributed by atoms with Gasteiger partial charge in [0.2, 0.25) is 0 Å². The van der Waals surface area contributed by atoms with Crippen molar-refractivity contribution in [3.05, 3.63) is 35.4 Å². The first kappa shape index (κ1) is 13.0. The molecule has 0 aliphatic heterocycles. The Morgan fingerprint density at radius 2 is 1.89 bits per heavy atom. The summed E-state index contributed by atoms with van der Waals surface area (Å²) < 4.78 is 27.2. The molecule has 19 heavy (non-hydrogen) atoms. The van der Waals surface area contributed by atoms with Gasteiger partial charge in [-0.25, -0.2) is 8.78 Å². The number of hydrogen-bond acceptors (Lipinski definition) is 1. The van der Waals surface area contributed by atoms with Crippen LogP contribution < -0.4 is 5.32 Å². The van der Waals surface area contributed by atoms with Crippen LogP contribution in [0.15, 0.2) is 18.2 Å². The van der Waals surface area contributed by atoms with Crippen LogP contribution in [0.3, 0.4) is 0 Å². The molecule has 104 valence electrons. The van der Waals surface area contributed by atoms with E-state index in [0.29, 0.717) is 11.6 Å². The molecule has 1 aromatic rings. The minimum Gasteiger partial charge on any atom is -0.313 e. The summed E-state index contributed by atoms with van der Waals surface area (Å²) in [7, 11) is 0. The second-order valence-corrected chi connectivity index (χ2v) is 7.08. The minimum atomic E-state index is -0.495. The van der Waals surface area contributed by atoms with Crippen molar-refractivity contribution < 1.29 is 8.78 Å². The summed E-state index contributed by atoms with van der Waals surface area (Å²) in [4.78, 5) is 0. The Morgan fingerprint density at radius 1 is 1.21 bits per heavy atom. The molecule has 0 atom stereocenters. The summed E-state index contributed by atoms with van der Waals surface area (Å²) in [6.07, 6.45) is 4.38. The lowest BCUT2D eigenvalue weighted by Crippen LogP contribution is -2.53. The molecule has 2 aliphatic rings. The Balaban J connectivity index is 1.85. The number of nitrogens with one attached hydrogen (secondary N) is 1. The van der Waals surface area contributed by atoms with Gasteiger partial charge < -0.3 is 5.32 Å². The van der Waals surface area contributed by atoms with Crippen molar-refractivity contribution in [2.45, 2.75) is 51.0 Å². The predicted molar refractivity (Wildman–Crippen MR) is 72.1 cm³/mol. The van der Waals surface area contributed by atoms with Gasteiger partial charge in [-0.05, 0) is 42.7 Å². The van der Waals surface area contributed by atoms with Crippen LogP contribution >= 0.6 is 0 Å². The van der Waals surface area contributed by atoms with Gasteiger partial charge in [-0.2, -0.15) is 0 Å². The first-order chi connectivity index (χ1) is 8.90. The van der Waals surface area contributed by atoms with E-state index in [4.69, 9.17) is 0 Å². The third-order valence-corrected chi connectivity index (χ3v) is 4.44. The van der Waals surface area contributed by atoms with Gasteiger partial charge in [0.1, 0.15) is 11.6 Å². The van der Waals surface area contributed by atoms with Crippen molar-refractivity contribution in [2.24, 2.45) is 5.41 Å². The number of halogens is 2. The average molecular weight is 265 g/mol. The topological polar surface area (TPSA) is 12.0 Å². The monoisotopic (exact) mass is 265 g/mol. The van der Waals surface area contributed by atoms with E-state index < -0.39 is 11.6 Å². The van der Waals surface area contributed by atoms with Crippen LogP contribution in [0, 0.1) is 17.0 Å². The highest BCUT2D eigenvalue weighted by Crippen LogP contribution is 2.55. The average Bonchev–Trinajstić information content (AvgIpc) is 3.06. The van der Waals surface area contributed by atoms with Crippen molar-refractivity contribution in [2.75, 3.05) is 6.54 Å². The molecule has 3 heteroatoms.